The summed E-state index contributed by atoms with van der Waals surface area (Å²) in [4.78, 5) is 24.4. The number of hydrogen-bond donors (Lipinski definition) is 1. The van der Waals surface area contributed by atoms with Crippen LogP contribution in [0, 0.1) is 5.92 Å². The second-order valence-electron chi connectivity index (χ2n) is 8.47. The largest absolute Gasteiger partial charge is 0.458 e. The van der Waals surface area contributed by atoms with Crippen LogP contribution in [0.1, 0.15) is 54.0 Å². The number of carbonyl (C=O) groups is 2. The molecule has 0 unspecified atom stereocenters. The molecule has 0 aliphatic carbocycles. The molecule has 1 aromatic rings. The van der Waals surface area contributed by atoms with E-state index in [1.54, 1.807) is 27.7 Å². The molecule has 1 aromatic carbocycles. The Balaban J connectivity index is 2.74. The SMILES string of the molecule is CC(C)CO[C@@H](C)[C@@H](Cc1ccccc1)OC(=O)[C@H](C)NC(=O)OC(C)(C)C. The quantitative estimate of drug-likeness (QED) is 0.639. The van der Waals surface area contributed by atoms with E-state index in [4.69, 9.17) is 14.2 Å². The lowest BCUT2D eigenvalue weighted by Gasteiger charge is -2.27. The van der Waals surface area contributed by atoms with Crippen LogP contribution in [-0.4, -0.2) is 42.5 Å². The Morgan fingerprint density at radius 3 is 2.18 bits per heavy atom. The molecule has 0 spiro atoms. The zero-order valence-corrected chi connectivity index (χ0v) is 18.2. The summed E-state index contributed by atoms with van der Waals surface area (Å²) in [6.45, 7) is 13.5. The summed E-state index contributed by atoms with van der Waals surface area (Å²) in [6, 6.07) is 8.97. The van der Waals surface area contributed by atoms with Crippen LogP contribution in [0.15, 0.2) is 30.3 Å². The number of carbonyl (C=O) groups excluding carboxylic acids is 2. The summed E-state index contributed by atoms with van der Waals surface area (Å²) in [6.07, 6.45) is -0.858. The maximum atomic E-state index is 12.5. The van der Waals surface area contributed by atoms with Crippen LogP contribution in [0.2, 0.25) is 0 Å². The first-order valence-corrected chi connectivity index (χ1v) is 9.83. The normalized spacial score (nSPS) is 14.9. The van der Waals surface area contributed by atoms with Crippen molar-refractivity contribution in [3.8, 4) is 0 Å². The smallest absolute Gasteiger partial charge is 0.408 e. The third-order valence-corrected chi connectivity index (χ3v) is 3.85. The van der Waals surface area contributed by atoms with E-state index in [1.165, 1.54) is 0 Å². The highest BCUT2D eigenvalue weighted by atomic mass is 16.6. The third kappa shape index (κ3) is 9.74. The van der Waals surface area contributed by atoms with Crippen molar-refractivity contribution in [3.63, 3.8) is 0 Å². The first-order chi connectivity index (χ1) is 13.0. The molecule has 6 heteroatoms. The van der Waals surface area contributed by atoms with Gasteiger partial charge in [-0.2, -0.15) is 0 Å². The van der Waals surface area contributed by atoms with Crippen molar-refractivity contribution in [1.29, 1.82) is 0 Å². The predicted octanol–water partition coefficient (Wildman–Crippen LogP) is 4.12. The standard InChI is InChI=1S/C22H35NO5/c1-15(2)14-26-17(4)19(13-18-11-9-8-10-12-18)27-20(24)16(3)23-21(25)28-22(5,6)7/h8-12,15-17,19H,13-14H2,1-7H3,(H,23,25)/t16-,17-,19+/m0/s1. The van der Waals surface area contributed by atoms with Crippen molar-refractivity contribution in [2.24, 2.45) is 5.92 Å². The van der Waals surface area contributed by atoms with Gasteiger partial charge < -0.3 is 19.5 Å². The Labute approximate surface area is 168 Å². The van der Waals surface area contributed by atoms with E-state index in [9.17, 15) is 9.59 Å². The zero-order valence-electron chi connectivity index (χ0n) is 18.2. The van der Waals surface area contributed by atoms with Gasteiger partial charge in [0, 0.05) is 13.0 Å². The van der Waals surface area contributed by atoms with E-state index in [0.29, 0.717) is 18.9 Å². The first-order valence-electron chi connectivity index (χ1n) is 9.83. The number of esters is 1. The van der Waals surface area contributed by atoms with Gasteiger partial charge in [0.05, 0.1) is 6.10 Å². The second-order valence-corrected chi connectivity index (χ2v) is 8.47. The monoisotopic (exact) mass is 393 g/mol. The maximum Gasteiger partial charge on any atom is 0.408 e. The van der Waals surface area contributed by atoms with Gasteiger partial charge in [0.15, 0.2) is 0 Å². The molecule has 0 aliphatic heterocycles. The zero-order chi connectivity index (χ0) is 21.3. The molecule has 0 saturated carbocycles. The number of hydrogen-bond acceptors (Lipinski definition) is 5. The molecule has 158 valence electrons. The van der Waals surface area contributed by atoms with Crippen LogP contribution >= 0.6 is 0 Å². The molecule has 1 rings (SSSR count). The highest BCUT2D eigenvalue weighted by Crippen LogP contribution is 2.14. The Hall–Kier alpha value is -2.08. The fourth-order valence-electron chi connectivity index (χ4n) is 2.40. The van der Waals surface area contributed by atoms with Gasteiger partial charge in [-0.05, 0) is 46.1 Å². The number of alkyl carbamates (subject to hydrolysis) is 1. The Morgan fingerprint density at radius 1 is 1.04 bits per heavy atom. The van der Waals surface area contributed by atoms with Gasteiger partial charge in [0.1, 0.15) is 17.7 Å². The van der Waals surface area contributed by atoms with Crippen LogP contribution in [0.5, 0.6) is 0 Å². The summed E-state index contributed by atoms with van der Waals surface area (Å²) in [7, 11) is 0. The molecule has 1 N–H and O–H groups in total. The van der Waals surface area contributed by atoms with Gasteiger partial charge in [-0.1, -0.05) is 44.2 Å². The topological polar surface area (TPSA) is 73.9 Å². The maximum absolute atomic E-state index is 12.5. The fraction of sp³-hybridized carbons (Fsp3) is 0.636. The minimum Gasteiger partial charge on any atom is -0.458 e. The molecule has 1 amide bonds. The third-order valence-electron chi connectivity index (χ3n) is 3.85. The average molecular weight is 394 g/mol. The molecule has 0 bridgehead atoms. The van der Waals surface area contributed by atoms with E-state index in [-0.39, 0.29) is 6.10 Å². The van der Waals surface area contributed by atoms with Gasteiger partial charge in [-0.25, -0.2) is 9.59 Å². The minimum atomic E-state index is -0.828. The summed E-state index contributed by atoms with van der Waals surface area (Å²) >= 11 is 0. The fourth-order valence-corrected chi connectivity index (χ4v) is 2.40. The summed E-state index contributed by atoms with van der Waals surface area (Å²) < 4.78 is 16.8. The van der Waals surface area contributed by atoms with E-state index >= 15 is 0 Å². The van der Waals surface area contributed by atoms with E-state index in [0.717, 1.165) is 5.56 Å². The molecule has 0 heterocycles. The molecule has 0 aliphatic rings. The van der Waals surface area contributed by atoms with Crippen LogP contribution in [0.3, 0.4) is 0 Å². The number of benzene rings is 1. The molecule has 28 heavy (non-hydrogen) atoms. The molecule has 3 atom stereocenters. The molecule has 6 nitrogen and oxygen atoms in total. The summed E-state index contributed by atoms with van der Waals surface area (Å²) in [5.74, 6) is -0.143. The first kappa shape index (κ1) is 24.0. The van der Waals surface area contributed by atoms with Gasteiger partial charge in [0.25, 0.3) is 0 Å². The average Bonchev–Trinajstić information content (AvgIpc) is 2.58. The highest BCUT2D eigenvalue weighted by molar-refractivity contribution is 5.81. The summed E-state index contributed by atoms with van der Waals surface area (Å²) in [5, 5.41) is 2.52. The lowest BCUT2D eigenvalue weighted by Crippen LogP contribution is -2.45. The van der Waals surface area contributed by atoms with E-state index in [1.807, 2.05) is 37.3 Å². The lowest BCUT2D eigenvalue weighted by atomic mass is 10.0. The molecule has 0 aromatic heterocycles. The van der Waals surface area contributed by atoms with Crippen molar-refractivity contribution < 1.29 is 23.8 Å². The molecule has 0 fully saturated rings. The Morgan fingerprint density at radius 2 is 1.64 bits per heavy atom. The van der Waals surface area contributed by atoms with Gasteiger partial charge in [0.2, 0.25) is 0 Å². The molecule has 0 radical (unpaired) electrons. The number of nitrogens with one attached hydrogen (secondary N) is 1. The van der Waals surface area contributed by atoms with Crippen LogP contribution in [0.4, 0.5) is 4.79 Å². The second kappa shape index (κ2) is 11.1. The van der Waals surface area contributed by atoms with Crippen LogP contribution in [-0.2, 0) is 25.4 Å². The van der Waals surface area contributed by atoms with Crippen molar-refractivity contribution in [3.05, 3.63) is 35.9 Å². The van der Waals surface area contributed by atoms with Crippen molar-refractivity contribution in [1.82, 2.24) is 5.32 Å². The number of ether oxygens (including phenoxy) is 3. The van der Waals surface area contributed by atoms with Gasteiger partial charge >= 0.3 is 12.1 Å². The molecule has 0 saturated heterocycles. The van der Waals surface area contributed by atoms with Crippen LogP contribution < -0.4 is 5.32 Å². The Kier molecular flexibility index (Phi) is 9.46. The lowest BCUT2D eigenvalue weighted by molar-refractivity contribution is -0.159. The van der Waals surface area contributed by atoms with Crippen LogP contribution in [0.25, 0.3) is 0 Å². The molecular formula is C22H35NO5. The van der Waals surface area contributed by atoms with E-state index in [2.05, 4.69) is 19.2 Å². The Bertz CT molecular complexity index is 609. The van der Waals surface area contributed by atoms with Gasteiger partial charge in [-0.15, -0.1) is 0 Å². The minimum absolute atomic E-state index is 0.278. The highest BCUT2D eigenvalue weighted by Gasteiger charge is 2.27. The predicted molar refractivity (Wildman–Crippen MR) is 109 cm³/mol. The number of rotatable bonds is 9. The number of amides is 1. The van der Waals surface area contributed by atoms with Crippen molar-refractivity contribution >= 4 is 12.1 Å². The summed E-state index contributed by atoms with van der Waals surface area (Å²) in [5.41, 5.74) is 0.413. The van der Waals surface area contributed by atoms with E-state index < -0.39 is 29.8 Å². The van der Waals surface area contributed by atoms with Crippen molar-refractivity contribution in [2.75, 3.05) is 6.61 Å². The van der Waals surface area contributed by atoms with Crippen molar-refractivity contribution in [2.45, 2.75) is 78.7 Å². The van der Waals surface area contributed by atoms with Gasteiger partial charge in [-0.3, -0.25) is 0 Å². The molecular weight excluding hydrogens is 358 g/mol.